The number of benzene rings is 3. The normalized spacial score (nSPS) is 13.1. The number of phenolic OH excluding ortho intramolecular Hbond substituents is 1. The molecule has 3 aromatic rings. The Bertz CT molecular complexity index is 1560. The van der Waals surface area contributed by atoms with Crippen molar-refractivity contribution in [2.45, 2.75) is 14.7 Å². The molecule has 0 saturated heterocycles. The lowest BCUT2D eigenvalue weighted by Gasteiger charge is -2.10. The van der Waals surface area contributed by atoms with Gasteiger partial charge < -0.3 is 5.11 Å². The van der Waals surface area contributed by atoms with Gasteiger partial charge in [0.1, 0.15) is 21.2 Å². The summed E-state index contributed by atoms with van der Waals surface area (Å²) in [5.41, 5.74) is -0.915. The summed E-state index contributed by atoms with van der Waals surface area (Å²) in [5, 5.41) is 17.4. The van der Waals surface area contributed by atoms with Crippen molar-refractivity contribution in [1.82, 2.24) is 0 Å². The van der Waals surface area contributed by atoms with E-state index in [1.165, 1.54) is 12.1 Å². The summed E-state index contributed by atoms with van der Waals surface area (Å²) in [6.45, 7) is 0. The third kappa shape index (κ3) is 4.71. The van der Waals surface area contributed by atoms with Gasteiger partial charge in [-0.1, -0.05) is 18.2 Å². The second-order valence-electron chi connectivity index (χ2n) is 6.05. The van der Waals surface area contributed by atoms with E-state index in [1.807, 2.05) is 0 Å². The average molecular weight is 488 g/mol. The van der Waals surface area contributed by atoms with Crippen LogP contribution in [0.1, 0.15) is 0 Å². The number of hydrogen-bond acceptors (Lipinski definition) is 9. The molecule has 0 radical (unpaired) electrons. The molecule has 0 heterocycles. The summed E-state index contributed by atoms with van der Waals surface area (Å²) in [7, 11) is -14.4. The molecule has 0 bridgehead atoms. The first-order valence-electron chi connectivity index (χ1n) is 7.92. The number of phenols is 1. The van der Waals surface area contributed by atoms with Crippen LogP contribution in [0, 0.1) is 0 Å². The van der Waals surface area contributed by atoms with Gasteiger partial charge in [-0.05, 0) is 35.7 Å². The summed E-state index contributed by atoms with van der Waals surface area (Å²) in [5.74, 6) is -1.05. The van der Waals surface area contributed by atoms with Crippen molar-refractivity contribution in [1.29, 1.82) is 0 Å². The molecule has 4 N–H and O–H groups in total. The summed E-state index contributed by atoms with van der Waals surface area (Å²) in [6.07, 6.45) is 0. The van der Waals surface area contributed by atoms with Gasteiger partial charge in [0.25, 0.3) is 30.4 Å². The van der Waals surface area contributed by atoms with Gasteiger partial charge in [0.05, 0.1) is 4.90 Å². The maximum atomic E-state index is 11.6. The predicted octanol–water partition coefficient (Wildman–Crippen LogP) is 2.70. The van der Waals surface area contributed by atoms with Crippen LogP contribution in [0.25, 0.3) is 10.8 Å². The van der Waals surface area contributed by atoms with Gasteiger partial charge >= 0.3 is 0 Å². The fourth-order valence-electron chi connectivity index (χ4n) is 2.65. The maximum Gasteiger partial charge on any atom is 0.298 e. The van der Waals surface area contributed by atoms with Crippen LogP contribution in [-0.4, -0.2) is 44.0 Å². The van der Waals surface area contributed by atoms with Gasteiger partial charge in [0.15, 0.2) is 5.75 Å². The number of hydrogen-bond donors (Lipinski definition) is 4. The van der Waals surface area contributed by atoms with E-state index in [-0.39, 0.29) is 16.5 Å². The van der Waals surface area contributed by atoms with Gasteiger partial charge in [-0.3, -0.25) is 13.7 Å². The lowest BCUT2D eigenvalue weighted by Crippen LogP contribution is -2.00. The van der Waals surface area contributed by atoms with Gasteiger partial charge in [0, 0.05) is 5.39 Å². The molecule has 164 valence electrons. The molecule has 0 aliphatic rings. The van der Waals surface area contributed by atoms with Crippen molar-refractivity contribution in [2.75, 3.05) is 0 Å². The number of nitrogens with zero attached hydrogens (tertiary/aromatic N) is 2. The third-order valence-corrected chi connectivity index (χ3v) is 6.62. The van der Waals surface area contributed by atoms with Crippen LogP contribution in [0.3, 0.4) is 0 Å². The van der Waals surface area contributed by atoms with Crippen molar-refractivity contribution in [3.8, 4) is 5.75 Å². The Kier molecular flexibility index (Phi) is 5.59. The largest absolute Gasteiger partial charge is 0.504 e. The summed E-state index contributed by atoms with van der Waals surface area (Å²) < 4.78 is 96.8. The topological polar surface area (TPSA) is 208 Å². The van der Waals surface area contributed by atoms with Crippen LogP contribution in [0.4, 0.5) is 11.4 Å². The molecule has 0 saturated carbocycles. The van der Waals surface area contributed by atoms with Gasteiger partial charge in [-0.2, -0.15) is 25.3 Å². The molecule has 31 heavy (non-hydrogen) atoms. The Balaban J connectivity index is 2.34. The van der Waals surface area contributed by atoms with Crippen LogP contribution >= 0.6 is 0 Å². The minimum atomic E-state index is -5.01. The summed E-state index contributed by atoms with van der Waals surface area (Å²) in [6, 6.07) is 8.48. The molecular formula is C16H12N2O10S3. The monoisotopic (exact) mass is 488 g/mol. The minimum Gasteiger partial charge on any atom is -0.504 e. The van der Waals surface area contributed by atoms with E-state index in [4.69, 9.17) is 0 Å². The molecule has 0 aliphatic heterocycles. The predicted molar refractivity (Wildman–Crippen MR) is 106 cm³/mol. The van der Waals surface area contributed by atoms with E-state index in [0.29, 0.717) is 0 Å². The molecule has 15 heteroatoms. The van der Waals surface area contributed by atoms with E-state index < -0.39 is 56.5 Å². The first-order chi connectivity index (χ1) is 14.2. The first kappa shape index (κ1) is 22.7. The maximum absolute atomic E-state index is 11.6. The third-order valence-electron chi connectivity index (χ3n) is 4.00. The fraction of sp³-hybridized carbons (Fsp3) is 0. The zero-order chi connectivity index (χ0) is 23.2. The molecular weight excluding hydrogens is 476 g/mol. The molecule has 0 fully saturated rings. The van der Waals surface area contributed by atoms with Gasteiger partial charge in [0.2, 0.25) is 0 Å². The number of aromatic hydroxyl groups is 1. The number of fused-ring (bicyclic) bond motifs is 1. The van der Waals surface area contributed by atoms with Crippen LogP contribution in [-0.2, 0) is 30.4 Å². The van der Waals surface area contributed by atoms with Crippen molar-refractivity contribution < 1.29 is 44.0 Å². The summed E-state index contributed by atoms with van der Waals surface area (Å²) in [4.78, 5) is -2.27. The molecule has 3 aromatic carbocycles. The molecule has 0 amide bonds. The highest BCUT2D eigenvalue weighted by atomic mass is 32.2. The Morgan fingerprint density at radius 2 is 1.29 bits per heavy atom. The highest BCUT2D eigenvalue weighted by Gasteiger charge is 2.23. The van der Waals surface area contributed by atoms with Crippen LogP contribution in [0.2, 0.25) is 0 Å². The molecule has 12 nitrogen and oxygen atoms in total. The van der Waals surface area contributed by atoms with E-state index in [0.717, 1.165) is 36.4 Å². The molecule has 0 spiro atoms. The van der Waals surface area contributed by atoms with Crippen LogP contribution in [0.15, 0.2) is 73.4 Å². The standard InChI is InChI=1S/C16H12N2O10S3/c19-16-14(31(26,27)28)8-9-7-10(29(20,21)22)5-6-11(9)15(16)18-17-12-3-1-2-4-13(12)30(23,24)25/h1-8,19H,(H,20,21,22)(H,23,24,25)(H,26,27,28). The van der Waals surface area contributed by atoms with E-state index in [9.17, 15) is 44.0 Å². The highest BCUT2D eigenvalue weighted by Crippen LogP contribution is 2.42. The van der Waals surface area contributed by atoms with Crippen LogP contribution in [0.5, 0.6) is 5.75 Å². The second kappa shape index (κ2) is 7.63. The van der Waals surface area contributed by atoms with Crippen molar-refractivity contribution in [3.63, 3.8) is 0 Å². The van der Waals surface area contributed by atoms with Crippen molar-refractivity contribution in [3.05, 3.63) is 48.5 Å². The first-order valence-corrected chi connectivity index (χ1v) is 12.2. The quantitative estimate of drug-likeness (QED) is 0.305. The van der Waals surface area contributed by atoms with E-state index >= 15 is 0 Å². The molecule has 0 atom stereocenters. The van der Waals surface area contributed by atoms with Crippen LogP contribution < -0.4 is 0 Å². The molecule has 0 aliphatic carbocycles. The zero-order valence-corrected chi connectivity index (χ0v) is 17.4. The van der Waals surface area contributed by atoms with E-state index in [2.05, 4.69) is 10.2 Å². The molecule has 0 unspecified atom stereocenters. The molecule has 0 aromatic heterocycles. The number of rotatable bonds is 5. The van der Waals surface area contributed by atoms with Gasteiger partial charge in [-0.25, -0.2) is 0 Å². The lowest BCUT2D eigenvalue weighted by atomic mass is 10.1. The second-order valence-corrected chi connectivity index (χ2v) is 10.2. The smallest absolute Gasteiger partial charge is 0.298 e. The Morgan fingerprint density at radius 1 is 0.677 bits per heavy atom. The Labute approximate surface area is 175 Å². The fourth-order valence-corrected chi connectivity index (χ4v) is 4.41. The zero-order valence-electron chi connectivity index (χ0n) is 15.0. The lowest BCUT2D eigenvalue weighted by molar-refractivity contribution is 0.445. The van der Waals surface area contributed by atoms with Crippen molar-refractivity contribution >= 4 is 52.5 Å². The highest BCUT2D eigenvalue weighted by molar-refractivity contribution is 7.86. The van der Waals surface area contributed by atoms with Gasteiger partial charge in [-0.15, -0.1) is 10.2 Å². The minimum absolute atomic E-state index is 0.0506. The Morgan fingerprint density at radius 3 is 1.87 bits per heavy atom. The average Bonchev–Trinajstić information content (AvgIpc) is 2.64. The Hall–Kier alpha value is -2.95. The summed E-state index contributed by atoms with van der Waals surface area (Å²) >= 11 is 0. The van der Waals surface area contributed by atoms with E-state index in [1.54, 1.807) is 0 Å². The molecule has 3 rings (SSSR count). The SMILES string of the molecule is O=S(=O)(O)c1ccc2c(N=Nc3ccccc3S(=O)(=O)O)c(O)c(S(=O)(=O)O)cc2c1. The number of azo groups is 1. The van der Waals surface area contributed by atoms with Crippen molar-refractivity contribution in [2.24, 2.45) is 10.2 Å².